The maximum atomic E-state index is 12.0. The van der Waals surface area contributed by atoms with Gasteiger partial charge in [0, 0.05) is 33.8 Å². The number of carbonyl (C=O) groups is 1. The van der Waals surface area contributed by atoms with Gasteiger partial charge in [-0.3, -0.25) is 4.79 Å². The monoisotopic (exact) mass is 380 g/mol. The first-order chi connectivity index (χ1) is 10.5. The molecule has 0 fully saturated rings. The van der Waals surface area contributed by atoms with Crippen LogP contribution >= 0.6 is 27.5 Å². The molecule has 0 aliphatic rings. The Morgan fingerprint density at radius 3 is 2.59 bits per heavy atom. The van der Waals surface area contributed by atoms with Crippen molar-refractivity contribution < 1.29 is 4.79 Å². The number of nitrogens with one attached hydrogen (secondary N) is 2. The van der Waals surface area contributed by atoms with Gasteiger partial charge in [0.2, 0.25) is 5.91 Å². The van der Waals surface area contributed by atoms with E-state index in [9.17, 15) is 4.79 Å². The molecule has 2 aromatic carbocycles. The van der Waals surface area contributed by atoms with E-state index in [0.717, 1.165) is 32.0 Å². The van der Waals surface area contributed by atoms with E-state index in [4.69, 9.17) is 11.6 Å². The van der Waals surface area contributed by atoms with E-state index in [-0.39, 0.29) is 5.91 Å². The van der Waals surface area contributed by atoms with Crippen molar-refractivity contribution in [2.24, 2.45) is 0 Å². The van der Waals surface area contributed by atoms with Gasteiger partial charge in [0.1, 0.15) is 0 Å². The zero-order chi connectivity index (χ0) is 16.1. The predicted molar refractivity (Wildman–Crippen MR) is 96.8 cm³/mol. The molecule has 0 atom stereocenters. The fourth-order valence-corrected chi connectivity index (χ4v) is 2.66. The van der Waals surface area contributed by atoms with Gasteiger partial charge in [0.25, 0.3) is 0 Å². The van der Waals surface area contributed by atoms with E-state index < -0.39 is 0 Å². The van der Waals surface area contributed by atoms with Gasteiger partial charge in [0.05, 0.1) is 0 Å². The summed E-state index contributed by atoms with van der Waals surface area (Å²) in [6.45, 7) is 4.48. The van der Waals surface area contributed by atoms with Crippen LogP contribution in [0.2, 0.25) is 5.02 Å². The largest absolute Gasteiger partial charge is 0.384 e. The molecule has 0 saturated carbocycles. The summed E-state index contributed by atoms with van der Waals surface area (Å²) >= 11 is 9.48. The fraction of sp³-hybridized carbons (Fsp3) is 0.235. The molecule has 2 rings (SSSR count). The van der Waals surface area contributed by atoms with Gasteiger partial charge in [-0.15, -0.1) is 0 Å². The number of aryl methyl sites for hydroxylation is 2. The van der Waals surface area contributed by atoms with Crippen molar-refractivity contribution in [2.75, 3.05) is 17.2 Å². The number of benzene rings is 2. The van der Waals surface area contributed by atoms with Crippen LogP contribution in [-0.4, -0.2) is 12.5 Å². The normalized spacial score (nSPS) is 10.4. The first-order valence-corrected chi connectivity index (χ1v) is 8.19. The quantitative estimate of drug-likeness (QED) is 0.751. The molecule has 3 nitrogen and oxygen atoms in total. The van der Waals surface area contributed by atoms with Crippen LogP contribution < -0.4 is 10.6 Å². The Balaban J connectivity index is 1.83. The highest BCUT2D eigenvalue weighted by Gasteiger charge is 2.05. The maximum Gasteiger partial charge on any atom is 0.226 e. The molecular formula is C17H18BrClN2O. The summed E-state index contributed by atoms with van der Waals surface area (Å²) in [5, 5.41) is 6.84. The highest BCUT2D eigenvalue weighted by atomic mass is 79.9. The van der Waals surface area contributed by atoms with Crippen molar-refractivity contribution in [3.63, 3.8) is 0 Å². The molecule has 1 amide bonds. The van der Waals surface area contributed by atoms with E-state index >= 15 is 0 Å². The molecule has 0 heterocycles. The molecule has 0 radical (unpaired) electrons. The summed E-state index contributed by atoms with van der Waals surface area (Å²) in [4.78, 5) is 12.0. The molecule has 2 aromatic rings. The molecule has 0 aliphatic heterocycles. The lowest BCUT2D eigenvalue weighted by Crippen LogP contribution is -2.16. The number of amides is 1. The first-order valence-electron chi connectivity index (χ1n) is 7.02. The van der Waals surface area contributed by atoms with Crippen LogP contribution in [0, 0.1) is 13.8 Å². The summed E-state index contributed by atoms with van der Waals surface area (Å²) in [6, 6.07) is 11.6. The van der Waals surface area contributed by atoms with Crippen LogP contribution in [0.1, 0.15) is 17.5 Å². The average Bonchev–Trinajstić information content (AvgIpc) is 2.46. The van der Waals surface area contributed by atoms with Gasteiger partial charge in [0.15, 0.2) is 0 Å². The SMILES string of the molecule is Cc1ccc(NCCC(=O)Nc2ccc(Br)cc2C)cc1Cl. The lowest BCUT2D eigenvalue weighted by molar-refractivity contribution is -0.115. The summed E-state index contributed by atoms with van der Waals surface area (Å²) in [5.41, 5.74) is 3.83. The maximum absolute atomic E-state index is 12.0. The molecule has 0 aromatic heterocycles. The van der Waals surface area contributed by atoms with Gasteiger partial charge in [-0.05, 0) is 55.3 Å². The second kappa shape index (κ2) is 7.65. The number of halogens is 2. The highest BCUT2D eigenvalue weighted by Crippen LogP contribution is 2.21. The standard InChI is InChI=1S/C17H18BrClN2O/c1-11-3-5-14(10-15(11)19)20-8-7-17(22)21-16-6-4-13(18)9-12(16)2/h3-6,9-10,20H,7-8H2,1-2H3,(H,21,22). The van der Waals surface area contributed by atoms with Crippen molar-refractivity contribution in [1.29, 1.82) is 0 Å². The Bertz CT molecular complexity index is 688. The molecule has 22 heavy (non-hydrogen) atoms. The minimum Gasteiger partial charge on any atom is -0.384 e. The molecule has 116 valence electrons. The van der Waals surface area contributed by atoms with E-state index in [2.05, 4.69) is 26.6 Å². The van der Waals surface area contributed by atoms with Gasteiger partial charge >= 0.3 is 0 Å². The fourth-order valence-electron chi connectivity index (χ4n) is 2.00. The molecule has 2 N–H and O–H groups in total. The van der Waals surface area contributed by atoms with Crippen LogP contribution in [0.5, 0.6) is 0 Å². The van der Waals surface area contributed by atoms with Crippen molar-refractivity contribution in [3.8, 4) is 0 Å². The Morgan fingerprint density at radius 2 is 1.91 bits per heavy atom. The lowest BCUT2D eigenvalue weighted by Gasteiger charge is -2.10. The molecule has 0 spiro atoms. The van der Waals surface area contributed by atoms with E-state index in [1.807, 2.05) is 50.2 Å². The Kier molecular flexibility index (Phi) is 5.86. The molecular weight excluding hydrogens is 364 g/mol. The third-order valence-corrected chi connectivity index (χ3v) is 4.22. The Morgan fingerprint density at radius 1 is 1.14 bits per heavy atom. The zero-order valence-corrected chi connectivity index (χ0v) is 14.9. The highest BCUT2D eigenvalue weighted by molar-refractivity contribution is 9.10. The van der Waals surface area contributed by atoms with Gasteiger partial charge in [-0.1, -0.05) is 33.6 Å². The number of carbonyl (C=O) groups excluding carboxylic acids is 1. The van der Waals surface area contributed by atoms with Gasteiger partial charge < -0.3 is 10.6 Å². The van der Waals surface area contributed by atoms with E-state index in [0.29, 0.717) is 13.0 Å². The predicted octanol–water partition coefficient (Wildman–Crippen LogP) is 5.16. The number of hydrogen-bond donors (Lipinski definition) is 2. The third-order valence-electron chi connectivity index (χ3n) is 3.32. The van der Waals surface area contributed by atoms with Gasteiger partial charge in [-0.2, -0.15) is 0 Å². The number of rotatable bonds is 5. The zero-order valence-electron chi connectivity index (χ0n) is 12.5. The van der Waals surface area contributed by atoms with Crippen LogP contribution in [0.25, 0.3) is 0 Å². The average molecular weight is 382 g/mol. The van der Waals surface area contributed by atoms with Crippen molar-refractivity contribution in [1.82, 2.24) is 0 Å². The van der Waals surface area contributed by atoms with Crippen LogP contribution in [-0.2, 0) is 4.79 Å². The summed E-state index contributed by atoms with van der Waals surface area (Å²) in [7, 11) is 0. The molecule has 0 unspecified atom stereocenters. The molecule has 0 aliphatic carbocycles. The van der Waals surface area contributed by atoms with Crippen molar-refractivity contribution in [3.05, 3.63) is 57.0 Å². The summed E-state index contributed by atoms with van der Waals surface area (Å²) < 4.78 is 1.00. The number of anilines is 2. The second-order valence-electron chi connectivity index (χ2n) is 5.15. The lowest BCUT2D eigenvalue weighted by atomic mass is 10.2. The second-order valence-corrected chi connectivity index (χ2v) is 6.47. The topological polar surface area (TPSA) is 41.1 Å². The molecule has 5 heteroatoms. The van der Waals surface area contributed by atoms with E-state index in [1.54, 1.807) is 0 Å². The van der Waals surface area contributed by atoms with Crippen LogP contribution in [0.15, 0.2) is 40.9 Å². The minimum absolute atomic E-state index is 0.0175. The molecule has 0 saturated heterocycles. The Hall–Kier alpha value is -1.52. The Labute approximate surface area is 144 Å². The third kappa shape index (κ3) is 4.75. The van der Waals surface area contributed by atoms with E-state index in [1.165, 1.54) is 0 Å². The smallest absolute Gasteiger partial charge is 0.226 e. The van der Waals surface area contributed by atoms with Crippen molar-refractivity contribution >= 4 is 44.8 Å². The first kappa shape index (κ1) is 16.8. The number of hydrogen-bond acceptors (Lipinski definition) is 2. The van der Waals surface area contributed by atoms with Crippen molar-refractivity contribution in [2.45, 2.75) is 20.3 Å². The minimum atomic E-state index is -0.0175. The molecule has 0 bridgehead atoms. The van der Waals surface area contributed by atoms with Gasteiger partial charge in [-0.25, -0.2) is 0 Å². The van der Waals surface area contributed by atoms with Crippen LogP contribution in [0.3, 0.4) is 0 Å². The van der Waals surface area contributed by atoms with Crippen LogP contribution in [0.4, 0.5) is 11.4 Å². The summed E-state index contributed by atoms with van der Waals surface area (Å²) in [6.07, 6.45) is 0.390. The summed E-state index contributed by atoms with van der Waals surface area (Å²) in [5.74, 6) is -0.0175.